The summed E-state index contributed by atoms with van der Waals surface area (Å²) in [6, 6.07) is 5.57. The fraction of sp³-hybridized carbons (Fsp3) is 0.562. The number of amides is 1. The molecule has 1 unspecified atom stereocenters. The van der Waals surface area contributed by atoms with Gasteiger partial charge < -0.3 is 11.1 Å². The second-order valence-corrected chi connectivity index (χ2v) is 6.70. The van der Waals surface area contributed by atoms with Gasteiger partial charge in [0.2, 0.25) is 5.91 Å². The summed E-state index contributed by atoms with van der Waals surface area (Å²) in [5.74, 6) is 0.437. The molecule has 1 amide bonds. The molecule has 0 fully saturated rings. The quantitative estimate of drug-likeness (QED) is 0.806. The number of nitrogen functional groups attached to an aromatic ring is 1. The summed E-state index contributed by atoms with van der Waals surface area (Å²) in [5.41, 5.74) is 8.51. The number of rotatable bonds is 4. The van der Waals surface area contributed by atoms with Crippen molar-refractivity contribution in [3.8, 4) is 0 Å². The lowest BCUT2D eigenvalue weighted by molar-refractivity contribution is -0.117. The highest BCUT2D eigenvalue weighted by Gasteiger charge is 2.18. The predicted octanol–water partition coefficient (Wildman–Crippen LogP) is 3.98. The average molecular weight is 262 g/mol. The van der Waals surface area contributed by atoms with Crippen LogP contribution in [0.15, 0.2) is 18.2 Å². The molecular weight excluding hydrogens is 236 g/mol. The van der Waals surface area contributed by atoms with E-state index in [0.717, 1.165) is 17.7 Å². The van der Waals surface area contributed by atoms with E-state index in [-0.39, 0.29) is 11.3 Å². The number of anilines is 2. The molecule has 3 nitrogen and oxygen atoms in total. The lowest BCUT2D eigenvalue weighted by atomic mass is 9.84. The first-order valence-electron chi connectivity index (χ1n) is 6.83. The summed E-state index contributed by atoms with van der Waals surface area (Å²) in [4.78, 5) is 12.0. The molecule has 0 saturated heterocycles. The largest absolute Gasteiger partial charge is 0.399 e. The zero-order valence-corrected chi connectivity index (χ0v) is 12.7. The van der Waals surface area contributed by atoms with E-state index in [4.69, 9.17) is 5.73 Å². The molecule has 0 aliphatic heterocycles. The Balaban J connectivity index is 2.58. The van der Waals surface area contributed by atoms with Gasteiger partial charge in [0, 0.05) is 17.8 Å². The minimum Gasteiger partial charge on any atom is -0.399 e. The van der Waals surface area contributed by atoms with Crippen molar-refractivity contribution in [2.45, 2.75) is 47.5 Å². The third-order valence-electron chi connectivity index (χ3n) is 3.03. The summed E-state index contributed by atoms with van der Waals surface area (Å²) >= 11 is 0. The van der Waals surface area contributed by atoms with E-state index in [9.17, 15) is 4.79 Å². The highest BCUT2D eigenvalue weighted by Crippen LogP contribution is 2.26. The third kappa shape index (κ3) is 5.77. The van der Waals surface area contributed by atoms with Gasteiger partial charge in [-0.15, -0.1) is 0 Å². The van der Waals surface area contributed by atoms with Crippen LogP contribution in [-0.4, -0.2) is 5.91 Å². The Morgan fingerprint density at radius 2 is 2.00 bits per heavy atom. The number of hydrogen-bond donors (Lipinski definition) is 2. The molecule has 0 bridgehead atoms. The second-order valence-electron chi connectivity index (χ2n) is 6.70. The van der Waals surface area contributed by atoms with Crippen molar-refractivity contribution in [1.82, 2.24) is 0 Å². The van der Waals surface area contributed by atoms with E-state index in [1.54, 1.807) is 0 Å². The van der Waals surface area contributed by atoms with E-state index in [1.807, 2.05) is 25.1 Å². The normalized spacial score (nSPS) is 13.1. The van der Waals surface area contributed by atoms with Crippen molar-refractivity contribution in [3.05, 3.63) is 23.8 Å². The van der Waals surface area contributed by atoms with Gasteiger partial charge >= 0.3 is 0 Å². The molecule has 0 aromatic heterocycles. The van der Waals surface area contributed by atoms with Gasteiger partial charge in [0.05, 0.1) is 0 Å². The lowest BCUT2D eigenvalue weighted by Gasteiger charge is -2.23. The molecule has 1 rings (SSSR count). The van der Waals surface area contributed by atoms with Crippen LogP contribution in [0.1, 0.15) is 46.1 Å². The van der Waals surface area contributed by atoms with Crippen molar-refractivity contribution in [2.24, 2.45) is 11.3 Å². The van der Waals surface area contributed by atoms with Crippen molar-refractivity contribution >= 4 is 17.3 Å². The topological polar surface area (TPSA) is 55.1 Å². The Morgan fingerprint density at radius 1 is 1.37 bits per heavy atom. The van der Waals surface area contributed by atoms with Gasteiger partial charge in [-0.05, 0) is 42.4 Å². The van der Waals surface area contributed by atoms with Gasteiger partial charge in [0.1, 0.15) is 0 Å². The monoisotopic (exact) mass is 262 g/mol. The van der Waals surface area contributed by atoms with Crippen LogP contribution in [0.5, 0.6) is 0 Å². The number of aryl methyl sites for hydroxylation is 1. The maximum atomic E-state index is 12.0. The van der Waals surface area contributed by atoms with E-state index in [0.29, 0.717) is 18.0 Å². The van der Waals surface area contributed by atoms with Crippen LogP contribution in [0, 0.1) is 18.3 Å². The number of nitrogens with two attached hydrogens (primary N) is 1. The Labute approximate surface area is 116 Å². The molecule has 0 heterocycles. The fourth-order valence-electron chi connectivity index (χ4n) is 2.41. The van der Waals surface area contributed by atoms with Gasteiger partial charge in [0.15, 0.2) is 0 Å². The molecule has 3 heteroatoms. The van der Waals surface area contributed by atoms with Gasteiger partial charge in [-0.25, -0.2) is 0 Å². The van der Waals surface area contributed by atoms with E-state index >= 15 is 0 Å². The second kappa shape index (κ2) is 6.09. The molecule has 0 saturated carbocycles. The van der Waals surface area contributed by atoms with Crippen molar-refractivity contribution < 1.29 is 4.79 Å². The smallest absolute Gasteiger partial charge is 0.224 e. The molecule has 3 N–H and O–H groups in total. The zero-order valence-electron chi connectivity index (χ0n) is 12.7. The highest BCUT2D eigenvalue weighted by atomic mass is 16.1. The number of carbonyl (C=O) groups excluding carboxylic acids is 1. The molecule has 106 valence electrons. The molecule has 19 heavy (non-hydrogen) atoms. The van der Waals surface area contributed by atoms with E-state index in [1.165, 1.54) is 0 Å². The molecule has 1 aromatic rings. The summed E-state index contributed by atoms with van der Waals surface area (Å²) in [5, 5.41) is 2.95. The highest BCUT2D eigenvalue weighted by molar-refractivity contribution is 5.92. The van der Waals surface area contributed by atoms with Gasteiger partial charge in [-0.3, -0.25) is 4.79 Å². The lowest BCUT2D eigenvalue weighted by Crippen LogP contribution is -2.19. The van der Waals surface area contributed by atoms with Crippen LogP contribution in [-0.2, 0) is 4.79 Å². The van der Waals surface area contributed by atoms with Crippen LogP contribution in [0.4, 0.5) is 11.4 Å². The molecule has 0 radical (unpaired) electrons. The molecular formula is C16H26N2O. The molecule has 0 aliphatic carbocycles. The van der Waals surface area contributed by atoms with E-state index < -0.39 is 0 Å². The van der Waals surface area contributed by atoms with Crippen LogP contribution in [0.25, 0.3) is 0 Å². The standard InChI is InChI=1S/C16H26N2O/c1-11(10-16(3,4)5)8-15(19)18-14-9-13(17)7-6-12(14)2/h6-7,9,11H,8,10,17H2,1-5H3,(H,18,19). The molecule has 1 atom stereocenters. The van der Waals surface area contributed by atoms with Crippen LogP contribution < -0.4 is 11.1 Å². The summed E-state index contributed by atoms with van der Waals surface area (Å²) < 4.78 is 0. The Morgan fingerprint density at radius 3 is 2.58 bits per heavy atom. The molecule has 0 aliphatic rings. The first kappa shape index (κ1) is 15.5. The minimum atomic E-state index is 0.0606. The summed E-state index contributed by atoms with van der Waals surface area (Å²) in [7, 11) is 0. The first-order chi connectivity index (χ1) is 8.67. The van der Waals surface area contributed by atoms with Crippen molar-refractivity contribution in [2.75, 3.05) is 11.1 Å². The fourth-order valence-corrected chi connectivity index (χ4v) is 2.41. The number of carbonyl (C=O) groups is 1. The van der Waals surface area contributed by atoms with Gasteiger partial charge in [-0.2, -0.15) is 0 Å². The van der Waals surface area contributed by atoms with Gasteiger partial charge in [0.25, 0.3) is 0 Å². The minimum absolute atomic E-state index is 0.0606. The van der Waals surface area contributed by atoms with E-state index in [2.05, 4.69) is 33.0 Å². The van der Waals surface area contributed by atoms with Crippen molar-refractivity contribution in [1.29, 1.82) is 0 Å². The van der Waals surface area contributed by atoms with Crippen molar-refractivity contribution in [3.63, 3.8) is 0 Å². The Kier molecular flexibility index (Phi) is 4.98. The average Bonchev–Trinajstić information content (AvgIpc) is 2.20. The zero-order chi connectivity index (χ0) is 14.6. The first-order valence-corrected chi connectivity index (χ1v) is 6.83. The summed E-state index contributed by atoms with van der Waals surface area (Å²) in [6.45, 7) is 10.7. The van der Waals surface area contributed by atoms with Crippen LogP contribution in [0.3, 0.4) is 0 Å². The van der Waals surface area contributed by atoms with Crippen LogP contribution in [0.2, 0.25) is 0 Å². The Hall–Kier alpha value is -1.51. The number of benzene rings is 1. The van der Waals surface area contributed by atoms with Gasteiger partial charge in [-0.1, -0.05) is 33.8 Å². The predicted molar refractivity (Wildman–Crippen MR) is 82.1 cm³/mol. The molecule has 1 aromatic carbocycles. The third-order valence-corrected chi connectivity index (χ3v) is 3.03. The van der Waals surface area contributed by atoms with Crippen LogP contribution >= 0.6 is 0 Å². The SMILES string of the molecule is Cc1ccc(N)cc1NC(=O)CC(C)CC(C)(C)C. The Bertz CT molecular complexity index is 447. The maximum Gasteiger partial charge on any atom is 0.224 e. The molecule has 0 spiro atoms. The summed E-state index contributed by atoms with van der Waals surface area (Å²) in [6.07, 6.45) is 1.59. The maximum absolute atomic E-state index is 12.0. The number of nitrogens with one attached hydrogen (secondary N) is 1. The number of hydrogen-bond acceptors (Lipinski definition) is 2.